The molecule has 1 amide bonds. The molecule has 0 saturated heterocycles. The molecule has 0 saturated carbocycles. The van der Waals surface area contributed by atoms with Gasteiger partial charge >= 0.3 is 0 Å². The normalized spacial score (nSPS) is 17.7. The third-order valence-corrected chi connectivity index (χ3v) is 2.74. The number of nitrogens with one attached hydrogen (secondary N) is 1. The molecule has 0 bridgehead atoms. The van der Waals surface area contributed by atoms with Crippen molar-refractivity contribution in [2.75, 3.05) is 5.32 Å². The molecule has 1 N–H and O–H groups in total. The Hall–Kier alpha value is -2.30. The summed E-state index contributed by atoms with van der Waals surface area (Å²) in [5, 5.41) is 2.76. The molecule has 5 nitrogen and oxygen atoms in total. The van der Waals surface area contributed by atoms with Gasteiger partial charge in [-0.1, -0.05) is 6.07 Å². The molecule has 0 spiro atoms. The van der Waals surface area contributed by atoms with E-state index in [2.05, 4.69) is 20.3 Å². The van der Waals surface area contributed by atoms with Gasteiger partial charge in [0.05, 0.1) is 5.69 Å². The third kappa shape index (κ3) is 1.56. The van der Waals surface area contributed by atoms with E-state index < -0.39 is 5.92 Å². The molecule has 3 rings (SSSR count). The molecule has 0 aliphatic carbocycles. The highest BCUT2D eigenvalue weighted by Crippen LogP contribution is 2.34. The Morgan fingerprint density at radius 3 is 2.94 bits per heavy atom. The molecule has 1 unspecified atom stereocenters. The van der Waals surface area contributed by atoms with Gasteiger partial charge in [0, 0.05) is 18.0 Å². The van der Waals surface area contributed by atoms with Gasteiger partial charge in [-0.15, -0.1) is 0 Å². The summed E-state index contributed by atoms with van der Waals surface area (Å²) in [6, 6.07) is 5.52. The van der Waals surface area contributed by atoms with E-state index in [4.69, 9.17) is 0 Å². The Morgan fingerprint density at radius 2 is 2.18 bits per heavy atom. The fourth-order valence-electron chi connectivity index (χ4n) is 1.96. The van der Waals surface area contributed by atoms with Crippen molar-refractivity contribution < 1.29 is 4.79 Å². The highest BCUT2D eigenvalue weighted by molar-refractivity contribution is 6.03. The first-order valence-corrected chi connectivity index (χ1v) is 5.31. The van der Waals surface area contributed by atoms with Crippen LogP contribution in [0.5, 0.6) is 0 Å². The fraction of sp³-hybridized carbons (Fsp3) is 0.167. The lowest BCUT2D eigenvalue weighted by molar-refractivity contribution is -0.116. The molecule has 1 aliphatic heterocycles. The topological polar surface area (TPSA) is 67.8 Å². The smallest absolute Gasteiger partial charge is 0.239 e. The molecule has 2 aromatic rings. The summed E-state index contributed by atoms with van der Waals surface area (Å²) in [4.78, 5) is 24.5. The Bertz CT molecular complexity index is 582. The monoisotopic (exact) mass is 226 g/mol. The van der Waals surface area contributed by atoms with Gasteiger partial charge in [0.15, 0.2) is 0 Å². The van der Waals surface area contributed by atoms with Crippen molar-refractivity contribution >= 4 is 11.7 Å². The number of anilines is 1. The van der Waals surface area contributed by atoms with Crippen molar-refractivity contribution in [1.82, 2.24) is 15.0 Å². The maximum absolute atomic E-state index is 11.9. The van der Waals surface area contributed by atoms with Crippen LogP contribution in [0.4, 0.5) is 5.82 Å². The number of hydrogen-bond donors (Lipinski definition) is 1. The molecule has 1 aliphatic rings. The van der Waals surface area contributed by atoms with Gasteiger partial charge in [0.2, 0.25) is 5.91 Å². The number of carbonyl (C=O) groups excluding carboxylic acids is 1. The SMILES string of the molecule is Cc1ncc2c(n1)NC(=O)C2c1ccccn1. The lowest BCUT2D eigenvalue weighted by Crippen LogP contribution is -2.14. The van der Waals surface area contributed by atoms with E-state index in [-0.39, 0.29) is 5.91 Å². The van der Waals surface area contributed by atoms with Crippen LogP contribution in [0.1, 0.15) is 23.0 Å². The highest BCUT2D eigenvalue weighted by Gasteiger charge is 2.34. The van der Waals surface area contributed by atoms with Gasteiger partial charge in [0.1, 0.15) is 17.6 Å². The van der Waals surface area contributed by atoms with Crippen LogP contribution in [0.15, 0.2) is 30.6 Å². The molecule has 17 heavy (non-hydrogen) atoms. The van der Waals surface area contributed by atoms with Gasteiger partial charge in [-0.05, 0) is 19.1 Å². The first-order chi connectivity index (χ1) is 8.25. The van der Waals surface area contributed by atoms with Gasteiger partial charge in [-0.2, -0.15) is 0 Å². The molecule has 0 fully saturated rings. The second-order valence-corrected chi connectivity index (χ2v) is 3.90. The van der Waals surface area contributed by atoms with Crippen molar-refractivity contribution in [3.8, 4) is 0 Å². The van der Waals surface area contributed by atoms with Crippen molar-refractivity contribution in [1.29, 1.82) is 0 Å². The number of hydrogen-bond acceptors (Lipinski definition) is 4. The summed E-state index contributed by atoms with van der Waals surface area (Å²) < 4.78 is 0. The Labute approximate surface area is 97.9 Å². The molecule has 0 aromatic carbocycles. The summed E-state index contributed by atoms with van der Waals surface area (Å²) in [7, 11) is 0. The lowest BCUT2D eigenvalue weighted by atomic mass is 9.99. The number of nitrogens with zero attached hydrogens (tertiary/aromatic N) is 3. The molecule has 5 heteroatoms. The molecular weight excluding hydrogens is 216 g/mol. The number of pyridine rings is 1. The predicted molar refractivity (Wildman–Crippen MR) is 61.5 cm³/mol. The van der Waals surface area contributed by atoms with Gasteiger partial charge in [0.25, 0.3) is 0 Å². The number of carbonyl (C=O) groups is 1. The molecule has 0 radical (unpaired) electrons. The van der Waals surface area contributed by atoms with Crippen LogP contribution in [-0.2, 0) is 4.79 Å². The van der Waals surface area contributed by atoms with E-state index in [9.17, 15) is 4.79 Å². The summed E-state index contributed by atoms with van der Waals surface area (Å²) in [6.45, 7) is 1.79. The maximum Gasteiger partial charge on any atom is 0.239 e. The minimum absolute atomic E-state index is 0.0985. The van der Waals surface area contributed by atoms with Crippen LogP contribution in [0.25, 0.3) is 0 Å². The zero-order valence-electron chi connectivity index (χ0n) is 9.21. The van der Waals surface area contributed by atoms with Crippen LogP contribution >= 0.6 is 0 Å². The van der Waals surface area contributed by atoms with Crippen LogP contribution < -0.4 is 5.32 Å². The van der Waals surface area contributed by atoms with Crippen LogP contribution in [0.3, 0.4) is 0 Å². The predicted octanol–water partition coefficient (Wildman–Crippen LogP) is 1.26. The first kappa shape index (κ1) is 9.89. The number of amides is 1. The lowest BCUT2D eigenvalue weighted by Gasteiger charge is -2.06. The minimum atomic E-state index is -0.396. The van der Waals surface area contributed by atoms with Crippen LogP contribution in [0, 0.1) is 6.92 Å². The molecule has 1 atom stereocenters. The van der Waals surface area contributed by atoms with Crippen molar-refractivity contribution in [3.63, 3.8) is 0 Å². The molecular formula is C12H10N4O. The Kier molecular flexibility index (Phi) is 2.11. The first-order valence-electron chi connectivity index (χ1n) is 5.31. The second kappa shape index (κ2) is 3.62. The average Bonchev–Trinajstić information content (AvgIpc) is 2.65. The van der Waals surface area contributed by atoms with Crippen molar-refractivity contribution in [3.05, 3.63) is 47.7 Å². The van der Waals surface area contributed by atoms with Crippen molar-refractivity contribution in [2.45, 2.75) is 12.8 Å². The zero-order chi connectivity index (χ0) is 11.8. The second-order valence-electron chi connectivity index (χ2n) is 3.90. The van der Waals surface area contributed by atoms with Gasteiger partial charge in [-0.25, -0.2) is 9.97 Å². The average molecular weight is 226 g/mol. The summed E-state index contributed by atoms with van der Waals surface area (Å²) in [6.07, 6.45) is 3.37. The van der Waals surface area contributed by atoms with E-state index in [1.807, 2.05) is 18.2 Å². The van der Waals surface area contributed by atoms with Gasteiger partial charge in [-0.3, -0.25) is 9.78 Å². The third-order valence-electron chi connectivity index (χ3n) is 2.74. The highest BCUT2D eigenvalue weighted by atomic mass is 16.2. The van der Waals surface area contributed by atoms with E-state index in [0.717, 1.165) is 11.3 Å². The Balaban J connectivity index is 2.12. The number of aromatic nitrogens is 3. The maximum atomic E-state index is 11.9. The largest absolute Gasteiger partial charge is 0.309 e. The Morgan fingerprint density at radius 1 is 1.29 bits per heavy atom. The summed E-state index contributed by atoms with van der Waals surface area (Å²) in [5.74, 6) is 0.745. The quantitative estimate of drug-likeness (QED) is 0.795. The molecule has 3 heterocycles. The number of fused-ring (bicyclic) bond motifs is 1. The van der Waals surface area contributed by atoms with E-state index in [1.165, 1.54) is 0 Å². The number of rotatable bonds is 1. The number of aryl methyl sites for hydroxylation is 1. The zero-order valence-corrected chi connectivity index (χ0v) is 9.21. The van der Waals surface area contributed by atoms with E-state index in [1.54, 1.807) is 19.3 Å². The minimum Gasteiger partial charge on any atom is -0.309 e. The fourth-order valence-corrected chi connectivity index (χ4v) is 1.96. The summed E-state index contributed by atoms with van der Waals surface area (Å²) >= 11 is 0. The van der Waals surface area contributed by atoms with Crippen LogP contribution in [0.2, 0.25) is 0 Å². The molecule has 2 aromatic heterocycles. The summed E-state index contributed by atoms with van der Waals surface area (Å²) in [5.41, 5.74) is 1.51. The van der Waals surface area contributed by atoms with Crippen molar-refractivity contribution in [2.24, 2.45) is 0 Å². The molecule has 84 valence electrons. The van der Waals surface area contributed by atoms with E-state index in [0.29, 0.717) is 11.6 Å². The standard InChI is InChI=1S/C12H10N4O/c1-7-14-6-8-10(9-4-2-3-5-13-9)12(17)16-11(8)15-7/h2-6,10H,1H3,(H,14,15,16,17). The van der Waals surface area contributed by atoms with Crippen LogP contribution in [-0.4, -0.2) is 20.9 Å². The van der Waals surface area contributed by atoms with E-state index >= 15 is 0 Å². The van der Waals surface area contributed by atoms with Gasteiger partial charge < -0.3 is 5.32 Å².